The molecule has 0 spiro atoms. The fourth-order valence-electron chi connectivity index (χ4n) is 5.07. The topological polar surface area (TPSA) is 121 Å². The van der Waals surface area contributed by atoms with Crippen molar-refractivity contribution in [3.8, 4) is 16.9 Å². The largest absolute Gasteiger partial charge is 0.351 e. The normalized spacial score (nSPS) is 11.4. The molecule has 0 bridgehead atoms. The number of carbonyl (C=O) groups excluding carboxylic acids is 2. The molecule has 10 heteroatoms. The summed E-state index contributed by atoms with van der Waals surface area (Å²) in [5.41, 5.74) is 6.90. The zero-order chi connectivity index (χ0) is 30.1. The SMILES string of the molecule is Cc1nc2ccc(C(=O)Nc3cccc(-c4ccc(-n5c(C)nc6cc(C(=O)NCCN(C)C)ccc65)nc4)c3)cc2[nH]1. The number of aromatic nitrogens is 5. The number of imidazole rings is 2. The van der Waals surface area contributed by atoms with Crippen LogP contribution >= 0.6 is 0 Å². The smallest absolute Gasteiger partial charge is 0.255 e. The van der Waals surface area contributed by atoms with Gasteiger partial charge in [-0.05, 0) is 94.2 Å². The highest BCUT2D eigenvalue weighted by Crippen LogP contribution is 2.26. The van der Waals surface area contributed by atoms with E-state index < -0.39 is 0 Å². The number of likely N-dealkylation sites (N-methyl/N-ethyl adjacent to an activating group) is 1. The second kappa shape index (κ2) is 11.5. The molecular formula is C33H32N8O2. The van der Waals surface area contributed by atoms with Crippen LogP contribution in [0.15, 0.2) is 79.0 Å². The van der Waals surface area contributed by atoms with Crippen LogP contribution in [0.25, 0.3) is 39.0 Å². The third-order valence-electron chi connectivity index (χ3n) is 7.22. The Hall–Kier alpha value is -5.35. The van der Waals surface area contributed by atoms with Gasteiger partial charge in [0.05, 0.1) is 22.1 Å². The maximum atomic E-state index is 13.0. The highest BCUT2D eigenvalue weighted by atomic mass is 16.2. The number of nitrogens with zero attached hydrogens (tertiary/aromatic N) is 5. The van der Waals surface area contributed by atoms with Crippen LogP contribution in [0.4, 0.5) is 5.69 Å². The number of nitrogens with one attached hydrogen (secondary N) is 3. The van der Waals surface area contributed by atoms with E-state index >= 15 is 0 Å². The number of hydrogen-bond donors (Lipinski definition) is 3. The fourth-order valence-corrected chi connectivity index (χ4v) is 5.07. The monoisotopic (exact) mass is 572 g/mol. The first-order valence-electron chi connectivity index (χ1n) is 14.0. The Balaban J connectivity index is 1.19. The number of H-pyrrole nitrogens is 1. The van der Waals surface area contributed by atoms with Crippen LogP contribution in [-0.2, 0) is 0 Å². The van der Waals surface area contributed by atoms with Crippen LogP contribution in [0.5, 0.6) is 0 Å². The van der Waals surface area contributed by atoms with Gasteiger partial charge in [0.15, 0.2) is 0 Å². The van der Waals surface area contributed by atoms with E-state index in [0.717, 1.165) is 57.2 Å². The van der Waals surface area contributed by atoms with Gasteiger partial charge in [0.1, 0.15) is 17.5 Å². The molecule has 216 valence electrons. The fraction of sp³-hybridized carbons (Fsp3) is 0.182. The number of aryl methyl sites for hydroxylation is 2. The molecule has 0 radical (unpaired) electrons. The Bertz CT molecular complexity index is 1970. The molecule has 0 aliphatic carbocycles. The van der Waals surface area contributed by atoms with E-state index in [9.17, 15) is 9.59 Å². The van der Waals surface area contributed by atoms with Crippen molar-refractivity contribution in [2.45, 2.75) is 13.8 Å². The van der Waals surface area contributed by atoms with Crippen molar-refractivity contribution in [3.05, 3.63) is 102 Å². The van der Waals surface area contributed by atoms with E-state index in [0.29, 0.717) is 23.4 Å². The number of pyridine rings is 1. The van der Waals surface area contributed by atoms with Gasteiger partial charge in [0.2, 0.25) is 0 Å². The van der Waals surface area contributed by atoms with Crippen molar-refractivity contribution < 1.29 is 9.59 Å². The molecule has 6 rings (SSSR count). The predicted molar refractivity (Wildman–Crippen MR) is 169 cm³/mol. The highest BCUT2D eigenvalue weighted by Gasteiger charge is 2.14. The summed E-state index contributed by atoms with van der Waals surface area (Å²) >= 11 is 0. The first-order valence-corrected chi connectivity index (χ1v) is 14.0. The Kier molecular flexibility index (Phi) is 7.43. The maximum Gasteiger partial charge on any atom is 0.255 e. The van der Waals surface area contributed by atoms with Crippen molar-refractivity contribution in [1.29, 1.82) is 0 Å². The van der Waals surface area contributed by atoms with Crippen molar-refractivity contribution >= 4 is 39.6 Å². The van der Waals surface area contributed by atoms with Crippen LogP contribution in [0.2, 0.25) is 0 Å². The average Bonchev–Trinajstić information content (AvgIpc) is 3.53. The minimum Gasteiger partial charge on any atom is -0.351 e. The average molecular weight is 573 g/mol. The van der Waals surface area contributed by atoms with Gasteiger partial charge in [-0.3, -0.25) is 14.2 Å². The molecule has 43 heavy (non-hydrogen) atoms. The lowest BCUT2D eigenvalue weighted by atomic mass is 10.1. The first-order chi connectivity index (χ1) is 20.7. The minimum absolute atomic E-state index is 0.120. The van der Waals surface area contributed by atoms with Gasteiger partial charge in [-0.25, -0.2) is 15.0 Å². The van der Waals surface area contributed by atoms with Gasteiger partial charge in [0, 0.05) is 41.7 Å². The van der Waals surface area contributed by atoms with E-state index in [1.165, 1.54) is 0 Å². The minimum atomic E-state index is -0.198. The summed E-state index contributed by atoms with van der Waals surface area (Å²) in [7, 11) is 3.94. The number of rotatable bonds is 8. The van der Waals surface area contributed by atoms with Gasteiger partial charge in [-0.2, -0.15) is 0 Å². The van der Waals surface area contributed by atoms with E-state index in [1.54, 1.807) is 12.1 Å². The molecule has 0 unspecified atom stereocenters. The number of aromatic amines is 1. The summed E-state index contributed by atoms with van der Waals surface area (Å²) in [6, 6.07) is 22.6. The van der Waals surface area contributed by atoms with Crippen molar-refractivity contribution in [2.24, 2.45) is 0 Å². The van der Waals surface area contributed by atoms with Crippen LogP contribution in [0.3, 0.4) is 0 Å². The summed E-state index contributed by atoms with van der Waals surface area (Å²) in [4.78, 5) is 44.6. The second-order valence-corrected chi connectivity index (χ2v) is 10.8. The third kappa shape index (κ3) is 5.86. The number of amides is 2. The molecular weight excluding hydrogens is 540 g/mol. The first kappa shape index (κ1) is 27.8. The number of carbonyl (C=O) groups is 2. The molecule has 3 N–H and O–H groups in total. The molecule has 0 saturated heterocycles. The summed E-state index contributed by atoms with van der Waals surface area (Å²) in [5.74, 6) is 1.98. The Morgan fingerprint density at radius 3 is 2.47 bits per heavy atom. The van der Waals surface area contributed by atoms with Gasteiger partial charge in [0.25, 0.3) is 11.8 Å². The van der Waals surface area contributed by atoms with Crippen LogP contribution in [0, 0.1) is 13.8 Å². The molecule has 0 atom stereocenters. The van der Waals surface area contributed by atoms with E-state index in [-0.39, 0.29) is 11.8 Å². The molecule has 0 saturated carbocycles. The number of fused-ring (bicyclic) bond motifs is 2. The number of hydrogen-bond acceptors (Lipinski definition) is 6. The molecule has 3 aromatic carbocycles. The Morgan fingerprint density at radius 1 is 0.860 bits per heavy atom. The zero-order valence-electron chi connectivity index (χ0n) is 24.5. The van der Waals surface area contributed by atoms with Crippen molar-refractivity contribution in [1.82, 2.24) is 34.7 Å². The summed E-state index contributed by atoms with van der Waals surface area (Å²) in [6.07, 6.45) is 1.81. The molecule has 3 aromatic heterocycles. The Labute approximate surface area is 248 Å². The lowest BCUT2D eigenvalue weighted by Crippen LogP contribution is -2.31. The summed E-state index contributed by atoms with van der Waals surface area (Å²) in [5, 5.41) is 5.94. The molecule has 2 amide bonds. The van der Waals surface area contributed by atoms with E-state index in [4.69, 9.17) is 9.97 Å². The van der Waals surface area contributed by atoms with Gasteiger partial charge < -0.3 is 20.5 Å². The predicted octanol–water partition coefficient (Wildman–Crippen LogP) is 5.12. The van der Waals surface area contributed by atoms with Gasteiger partial charge >= 0.3 is 0 Å². The molecule has 3 heterocycles. The van der Waals surface area contributed by atoms with Crippen LogP contribution in [0.1, 0.15) is 32.4 Å². The van der Waals surface area contributed by atoms with Crippen molar-refractivity contribution in [2.75, 3.05) is 32.5 Å². The number of benzene rings is 3. The zero-order valence-corrected chi connectivity index (χ0v) is 24.5. The van der Waals surface area contributed by atoms with E-state index in [1.807, 2.05) is 104 Å². The van der Waals surface area contributed by atoms with Gasteiger partial charge in [-0.1, -0.05) is 12.1 Å². The van der Waals surface area contributed by atoms with Crippen molar-refractivity contribution in [3.63, 3.8) is 0 Å². The van der Waals surface area contributed by atoms with Crippen LogP contribution < -0.4 is 10.6 Å². The Morgan fingerprint density at radius 2 is 1.67 bits per heavy atom. The summed E-state index contributed by atoms with van der Waals surface area (Å²) < 4.78 is 1.97. The maximum absolute atomic E-state index is 13.0. The van der Waals surface area contributed by atoms with Crippen LogP contribution in [-0.4, -0.2) is 68.4 Å². The van der Waals surface area contributed by atoms with E-state index in [2.05, 4.69) is 20.6 Å². The molecule has 6 aromatic rings. The lowest BCUT2D eigenvalue weighted by molar-refractivity contribution is 0.0950. The summed E-state index contributed by atoms with van der Waals surface area (Å²) in [6.45, 7) is 5.15. The highest BCUT2D eigenvalue weighted by molar-refractivity contribution is 6.06. The lowest BCUT2D eigenvalue weighted by Gasteiger charge is -2.11. The molecule has 0 aliphatic rings. The third-order valence-corrected chi connectivity index (χ3v) is 7.22. The molecule has 0 fully saturated rings. The standard InChI is InChI=1S/C33H32N8O2/c1-20-36-27-11-8-24(17-28(27)37-20)33(43)39-26-7-5-6-22(16-26)25-10-13-31(35-19-25)41-21(2)38-29-18-23(9-12-30(29)41)32(42)34-14-15-40(3)4/h5-13,16-19H,14-15H2,1-4H3,(H,34,42)(H,36,37)(H,39,43). The quantitative estimate of drug-likeness (QED) is 0.233. The second-order valence-electron chi connectivity index (χ2n) is 10.8. The van der Waals surface area contributed by atoms with Gasteiger partial charge in [-0.15, -0.1) is 0 Å². The number of anilines is 1. The molecule has 0 aliphatic heterocycles. The molecule has 10 nitrogen and oxygen atoms in total.